The molecule has 2 saturated heterocycles. The van der Waals surface area contributed by atoms with Gasteiger partial charge in [-0.1, -0.05) is 0 Å². The van der Waals surface area contributed by atoms with Crippen molar-refractivity contribution in [2.75, 3.05) is 39.4 Å². The minimum atomic E-state index is 0.783. The van der Waals surface area contributed by atoms with Crippen molar-refractivity contribution in [2.45, 2.75) is 19.3 Å². The Bertz CT molecular complexity index is 161. The van der Waals surface area contributed by atoms with Crippen LogP contribution in [0.15, 0.2) is 0 Å². The molecule has 0 aromatic rings. The van der Waals surface area contributed by atoms with Gasteiger partial charge in [-0.2, -0.15) is 0 Å². The van der Waals surface area contributed by atoms with E-state index in [1.807, 2.05) is 0 Å². The van der Waals surface area contributed by atoms with E-state index in [9.17, 15) is 0 Å². The van der Waals surface area contributed by atoms with Gasteiger partial charge in [-0.25, -0.2) is 0 Å². The summed E-state index contributed by atoms with van der Waals surface area (Å²) in [6, 6.07) is 0. The molecule has 0 aromatic carbocycles. The molecular formula is C11H22N2O. The molecular weight excluding hydrogens is 176 g/mol. The van der Waals surface area contributed by atoms with Gasteiger partial charge in [-0.05, 0) is 50.7 Å². The fourth-order valence-corrected chi connectivity index (χ4v) is 2.50. The monoisotopic (exact) mass is 198 g/mol. The molecule has 2 fully saturated rings. The predicted molar refractivity (Wildman–Crippen MR) is 57.1 cm³/mol. The lowest BCUT2D eigenvalue weighted by atomic mass is 9.96. The molecule has 2 N–H and O–H groups in total. The third-order valence-corrected chi connectivity index (χ3v) is 3.58. The fraction of sp³-hybridized carbons (Fsp3) is 1.00. The largest absolute Gasteiger partial charge is 0.381 e. The smallest absolute Gasteiger partial charge is 0.0507 e. The molecule has 0 radical (unpaired) electrons. The van der Waals surface area contributed by atoms with Gasteiger partial charge >= 0.3 is 0 Å². The summed E-state index contributed by atoms with van der Waals surface area (Å²) in [6.45, 7) is 6.58. The minimum absolute atomic E-state index is 0.783. The van der Waals surface area contributed by atoms with Gasteiger partial charge in [0.1, 0.15) is 0 Å². The van der Waals surface area contributed by atoms with Crippen LogP contribution in [0.25, 0.3) is 0 Å². The Balaban J connectivity index is 1.67. The Kier molecular flexibility index (Phi) is 3.79. The third-order valence-electron chi connectivity index (χ3n) is 3.58. The lowest BCUT2D eigenvalue weighted by molar-refractivity contribution is 0.142. The van der Waals surface area contributed by atoms with Crippen molar-refractivity contribution in [1.29, 1.82) is 0 Å². The maximum absolute atomic E-state index is 5.67. The zero-order valence-corrected chi connectivity index (χ0v) is 8.95. The SMILES string of the molecule is NCC1CCN(C[C@H]2CCOC2)CC1. The second-order valence-corrected chi connectivity index (χ2v) is 4.71. The third kappa shape index (κ3) is 2.69. The van der Waals surface area contributed by atoms with Crippen LogP contribution in [0.3, 0.4) is 0 Å². The van der Waals surface area contributed by atoms with Crippen molar-refractivity contribution in [3.63, 3.8) is 0 Å². The Morgan fingerprint density at radius 1 is 1.14 bits per heavy atom. The highest BCUT2D eigenvalue weighted by Crippen LogP contribution is 2.19. The van der Waals surface area contributed by atoms with E-state index in [1.165, 1.54) is 38.9 Å². The van der Waals surface area contributed by atoms with Gasteiger partial charge in [0.05, 0.1) is 6.61 Å². The van der Waals surface area contributed by atoms with Crippen molar-refractivity contribution < 1.29 is 4.74 Å². The first-order valence-corrected chi connectivity index (χ1v) is 5.88. The van der Waals surface area contributed by atoms with Gasteiger partial charge in [0, 0.05) is 13.2 Å². The molecule has 0 amide bonds. The Morgan fingerprint density at radius 2 is 1.93 bits per heavy atom. The lowest BCUT2D eigenvalue weighted by Gasteiger charge is -2.32. The van der Waals surface area contributed by atoms with Gasteiger partial charge in [-0.3, -0.25) is 0 Å². The summed E-state index contributed by atoms with van der Waals surface area (Å²) in [7, 11) is 0. The zero-order chi connectivity index (χ0) is 9.80. The summed E-state index contributed by atoms with van der Waals surface area (Å²) in [4.78, 5) is 2.59. The second-order valence-electron chi connectivity index (χ2n) is 4.71. The molecule has 3 heteroatoms. The number of likely N-dealkylation sites (tertiary alicyclic amines) is 1. The molecule has 0 aliphatic carbocycles. The normalized spacial score (nSPS) is 31.1. The van der Waals surface area contributed by atoms with Crippen LogP contribution >= 0.6 is 0 Å². The van der Waals surface area contributed by atoms with Gasteiger partial charge < -0.3 is 15.4 Å². The Labute approximate surface area is 86.6 Å². The Hall–Kier alpha value is -0.120. The van der Waals surface area contributed by atoms with E-state index < -0.39 is 0 Å². The number of hydrogen-bond acceptors (Lipinski definition) is 3. The fourth-order valence-electron chi connectivity index (χ4n) is 2.50. The molecule has 0 saturated carbocycles. The second kappa shape index (κ2) is 5.10. The highest BCUT2D eigenvalue weighted by atomic mass is 16.5. The highest BCUT2D eigenvalue weighted by molar-refractivity contribution is 4.76. The van der Waals surface area contributed by atoms with Crippen molar-refractivity contribution in [1.82, 2.24) is 4.90 Å². The van der Waals surface area contributed by atoms with E-state index in [-0.39, 0.29) is 0 Å². The average Bonchev–Trinajstić information content (AvgIpc) is 2.72. The summed E-state index contributed by atoms with van der Waals surface area (Å²) >= 11 is 0. The first-order valence-electron chi connectivity index (χ1n) is 5.88. The molecule has 0 spiro atoms. The van der Waals surface area contributed by atoms with E-state index in [0.29, 0.717) is 0 Å². The van der Waals surface area contributed by atoms with Gasteiger partial charge in [0.15, 0.2) is 0 Å². The van der Waals surface area contributed by atoms with E-state index in [2.05, 4.69) is 4.90 Å². The number of hydrogen-bond donors (Lipinski definition) is 1. The van der Waals surface area contributed by atoms with E-state index in [4.69, 9.17) is 10.5 Å². The summed E-state index contributed by atoms with van der Waals surface area (Å²) < 4.78 is 5.39. The molecule has 82 valence electrons. The number of piperidine rings is 1. The van der Waals surface area contributed by atoms with Crippen LogP contribution in [0.1, 0.15) is 19.3 Å². The number of ether oxygens (including phenoxy) is 1. The quantitative estimate of drug-likeness (QED) is 0.725. The molecule has 0 bridgehead atoms. The maximum Gasteiger partial charge on any atom is 0.0507 e. The van der Waals surface area contributed by atoms with Crippen LogP contribution in [0.5, 0.6) is 0 Å². The molecule has 2 heterocycles. The lowest BCUT2D eigenvalue weighted by Crippen LogP contribution is -2.38. The van der Waals surface area contributed by atoms with Gasteiger partial charge in [0.2, 0.25) is 0 Å². The van der Waals surface area contributed by atoms with Crippen LogP contribution < -0.4 is 5.73 Å². The average molecular weight is 198 g/mol. The van der Waals surface area contributed by atoms with Gasteiger partial charge in [-0.15, -0.1) is 0 Å². The highest BCUT2D eigenvalue weighted by Gasteiger charge is 2.22. The molecule has 2 aliphatic heterocycles. The first-order chi connectivity index (χ1) is 6.88. The van der Waals surface area contributed by atoms with E-state index >= 15 is 0 Å². The molecule has 0 unspecified atom stereocenters. The van der Waals surface area contributed by atoms with Gasteiger partial charge in [0.25, 0.3) is 0 Å². The maximum atomic E-state index is 5.67. The summed E-state index contributed by atoms with van der Waals surface area (Å²) in [5, 5.41) is 0. The summed E-state index contributed by atoms with van der Waals surface area (Å²) in [5.74, 6) is 1.58. The molecule has 0 aromatic heterocycles. The molecule has 3 nitrogen and oxygen atoms in total. The summed E-state index contributed by atoms with van der Waals surface area (Å²) in [5.41, 5.74) is 5.67. The van der Waals surface area contributed by atoms with Crippen LogP contribution in [-0.4, -0.2) is 44.3 Å². The molecule has 2 aliphatic rings. The predicted octanol–water partition coefficient (Wildman–Crippen LogP) is 0.694. The van der Waals surface area contributed by atoms with Crippen LogP contribution in [0, 0.1) is 11.8 Å². The molecule has 1 atom stereocenters. The molecule has 2 rings (SSSR count). The van der Waals surface area contributed by atoms with E-state index in [0.717, 1.165) is 31.6 Å². The van der Waals surface area contributed by atoms with Crippen molar-refractivity contribution in [2.24, 2.45) is 17.6 Å². The Morgan fingerprint density at radius 3 is 2.50 bits per heavy atom. The number of rotatable bonds is 3. The van der Waals surface area contributed by atoms with Crippen molar-refractivity contribution in [3.8, 4) is 0 Å². The van der Waals surface area contributed by atoms with Crippen LogP contribution in [0.4, 0.5) is 0 Å². The topological polar surface area (TPSA) is 38.5 Å². The summed E-state index contributed by atoms with van der Waals surface area (Å²) in [6.07, 6.45) is 3.85. The van der Waals surface area contributed by atoms with Crippen LogP contribution in [0.2, 0.25) is 0 Å². The standard InChI is InChI=1S/C11H22N2O/c12-7-10-1-4-13(5-2-10)8-11-3-6-14-9-11/h10-11H,1-9,12H2/t11-/m1/s1. The number of nitrogens with two attached hydrogens (primary N) is 1. The number of nitrogens with zero attached hydrogens (tertiary/aromatic N) is 1. The minimum Gasteiger partial charge on any atom is -0.381 e. The first kappa shape index (κ1) is 10.4. The van der Waals surface area contributed by atoms with Crippen molar-refractivity contribution >= 4 is 0 Å². The molecule has 14 heavy (non-hydrogen) atoms. The van der Waals surface area contributed by atoms with E-state index in [1.54, 1.807) is 0 Å². The van der Waals surface area contributed by atoms with Crippen molar-refractivity contribution in [3.05, 3.63) is 0 Å². The zero-order valence-electron chi connectivity index (χ0n) is 8.95. The van der Waals surface area contributed by atoms with Crippen LogP contribution in [-0.2, 0) is 4.74 Å².